The van der Waals surface area contributed by atoms with Crippen molar-refractivity contribution in [2.75, 3.05) is 0 Å². The van der Waals surface area contributed by atoms with Gasteiger partial charge in [0.05, 0.1) is 5.41 Å². The second-order valence-electron chi connectivity index (χ2n) is 4.13. The minimum atomic E-state index is -0.865. The fraction of sp³-hybridized carbons (Fsp3) is 0.417. The second-order valence-corrected chi connectivity index (χ2v) is 4.54. The molecule has 4 heteroatoms. The number of aliphatic carboxylic acids is 1. The molecule has 88 valence electrons. The zero-order valence-corrected chi connectivity index (χ0v) is 10.0. The Morgan fingerprint density at radius 3 is 2.62 bits per heavy atom. The molecular weight excluding hydrogens is 231 g/mol. The van der Waals surface area contributed by atoms with Crippen LogP contribution in [0, 0.1) is 11.2 Å². The summed E-state index contributed by atoms with van der Waals surface area (Å²) >= 11 is 5.86. The predicted molar refractivity (Wildman–Crippen MR) is 61.1 cm³/mol. The van der Waals surface area contributed by atoms with E-state index in [2.05, 4.69) is 0 Å². The minimum absolute atomic E-state index is 0.279. The monoisotopic (exact) mass is 244 g/mol. The fourth-order valence-electron chi connectivity index (χ4n) is 1.44. The maximum Gasteiger partial charge on any atom is 0.309 e. The third-order valence-electron chi connectivity index (χ3n) is 2.89. The van der Waals surface area contributed by atoms with E-state index in [1.165, 1.54) is 18.2 Å². The van der Waals surface area contributed by atoms with E-state index < -0.39 is 17.2 Å². The van der Waals surface area contributed by atoms with Gasteiger partial charge in [-0.15, -0.1) is 0 Å². The van der Waals surface area contributed by atoms with Crippen molar-refractivity contribution in [3.8, 4) is 0 Å². The summed E-state index contributed by atoms with van der Waals surface area (Å²) in [5.41, 5.74) is -0.198. The van der Waals surface area contributed by atoms with Crippen LogP contribution in [-0.2, 0) is 11.2 Å². The molecule has 2 nitrogen and oxygen atoms in total. The van der Waals surface area contributed by atoms with E-state index in [-0.39, 0.29) is 5.02 Å². The number of carbonyl (C=O) groups is 1. The molecule has 0 bridgehead atoms. The molecule has 1 rings (SSSR count). The van der Waals surface area contributed by atoms with E-state index in [4.69, 9.17) is 16.7 Å². The standard InChI is InChI=1S/C12H14ClFO2/c1-3-12(2,11(15)16)7-8-4-5-9(14)6-10(8)13/h4-6H,3,7H2,1-2H3,(H,15,16). The van der Waals surface area contributed by atoms with Gasteiger partial charge in [-0.2, -0.15) is 0 Å². The van der Waals surface area contributed by atoms with Gasteiger partial charge in [0.15, 0.2) is 0 Å². The lowest BCUT2D eigenvalue weighted by molar-refractivity contribution is -0.148. The SMILES string of the molecule is CCC(C)(Cc1ccc(F)cc1Cl)C(=O)O. The lowest BCUT2D eigenvalue weighted by Crippen LogP contribution is -2.29. The molecule has 0 saturated carbocycles. The lowest BCUT2D eigenvalue weighted by Gasteiger charge is -2.23. The average Bonchev–Trinajstić information content (AvgIpc) is 2.22. The van der Waals surface area contributed by atoms with Crippen LogP contribution in [0.25, 0.3) is 0 Å². The summed E-state index contributed by atoms with van der Waals surface area (Å²) in [6.07, 6.45) is 0.800. The van der Waals surface area contributed by atoms with Crippen LogP contribution in [0.15, 0.2) is 18.2 Å². The topological polar surface area (TPSA) is 37.3 Å². The van der Waals surface area contributed by atoms with Crippen LogP contribution in [0.1, 0.15) is 25.8 Å². The zero-order chi connectivity index (χ0) is 12.3. The highest BCUT2D eigenvalue weighted by atomic mass is 35.5. The molecule has 0 radical (unpaired) electrons. The van der Waals surface area contributed by atoms with E-state index in [1.54, 1.807) is 6.92 Å². The maximum absolute atomic E-state index is 12.8. The first kappa shape index (κ1) is 13.0. The number of hydrogen-bond acceptors (Lipinski definition) is 1. The molecule has 0 saturated heterocycles. The van der Waals surface area contributed by atoms with E-state index >= 15 is 0 Å². The molecule has 0 fully saturated rings. The molecule has 0 aliphatic rings. The molecule has 1 atom stereocenters. The first-order valence-electron chi connectivity index (χ1n) is 5.06. The number of carboxylic acids is 1. The van der Waals surface area contributed by atoms with Crippen molar-refractivity contribution in [3.05, 3.63) is 34.6 Å². The molecule has 1 aromatic rings. The summed E-state index contributed by atoms with van der Waals surface area (Å²) in [5, 5.41) is 9.40. The highest BCUT2D eigenvalue weighted by Crippen LogP contribution is 2.30. The first-order chi connectivity index (χ1) is 7.39. The van der Waals surface area contributed by atoms with Gasteiger partial charge in [-0.05, 0) is 37.5 Å². The van der Waals surface area contributed by atoms with Crippen LogP contribution >= 0.6 is 11.6 Å². The smallest absolute Gasteiger partial charge is 0.309 e. The summed E-state index contributed by atoms with van der Waals surface area (Å²) in [5.74, 6) is -1.28. The van der Waals surface area contributed by atoms with Crippen LogP contribution in [0.5, 0.6) is 0 Å². The summed E-state index contributed by atoms with van der Waals surface area (Å²) in [7, 11) is 0. The number of benzene rings is 1. The predicted octanol–water partition coefficient (Wildman–Crippen LogP) is 3.52. The molecular formula is C12H14ClFO2. The summed E-state index contributed by atoms with van der Waals surface area (Å²) in [6.45, 7) is 3.47. The van der Waals surface area contributed by atoms with E-state index in [0.717, 1.165) is 0 Å². The van der Waals surface area contributed by atoms with Crippen molar-refractivity contribution in [1.29, 1.82) is 0 Å². The Labute approximate surface area is 99.0 Å². The molecule has 0 aromatic heterocycles. The van der Waals surface area contributed by atoms with Crippen LogP contribution in [0.3, 0.4) is 0 Å². The Morgan fingerprint density at radius 2 is 2.19 bits per heavy atom. The van der Waals surface area contributed by atoms with Crippen LogP contribution < -0.4 is 0 Å². The first-order valence-corrected chi connectivity index (χ1v) is 5.44. The summed E-state index contributed by atoms with van der Waals surface area (Å²) in [4.78, 5) is 11.1. The quantitative estimate of drug-likeness (QED) is 0.880. The van der Waals surface area contributed by atoms with Gasteiger partial charge >= 0.3 is 5.97 Å². The maximum atomic E-state index is 12.8. The molecule has 0 aliphatic carbocycles. The molecule has 1 unspecified atom stereocenters. The van der Waals surface area contributed by atoms with Gasteiger partial charge in [-0.3, -0.25) is 4.79 Å². The van der Waals surface area contributed by atoms with Crippen molar-refractivity contribution < 1.29 is 14.3 Å². The third kappa shape index (κ3) is 2.73. The minimum Gasteiger partial charge on any atom is -0.481 e. The number of carboxylic acid groups (broad SMARTS) is 1. The van der Waals surface area contributed by atoms with Crippen LogP contribution in [0.4, 0.5) is 4.39 Å². The normalized spacial score (nSPS) is 14.5. The highest BCUT2D eigenvalue weighted by Gasteiger charge is 2.31. The molecule has 0 amide bonds. The van der Waals surface area contributed by atoms with Crippen molar-refractivity contribution in [3.63, 3.8) is 0 Å². The number of halogens is 2. The fourth-order valence-corrected chi connectivity index (χ4v) is 1.67. The van der Waals surface area contributed by atoms with E-state index in [0.29, 0.717) is 18.4 Å². The highest BCUT2D eigenvalue weighted by molar-refractivity contribution is 6.31. The summed E-state index contributed by atoms with van der Waals surface area (Å²) < 4.78 is 12.8. The Balaban J connectivity index is 2.99. The van der Waals surface area contributed by atoms with Gasteiger partial charge in [0, 0.05) is 5.02 Å². The Kier molecular flexibility index (Phi) is 3.92. The van der Waals surface area contributed by atoms with E-state index in [1.807, 2.05) is 6.92 Å². The van der Waals surface area contributed by atoms with Gasteiger partial charge < -0.3 is 5.11 Å². The Hall–Kier alpha value is -1.09. The Bertz CT molecular complexity index is 406. The second kappa shape index (κ2) is 4.83. The molecule has 1 aromatic carbocycles. The van der Waals surface area contributed by atoms with Gasteiger partial charge in [-0.25, -0.2) is 4.39 Å². The molecule has 0 heterocycles. The van der Waals surface area contributed by atoms with E-state index in [9.17, 15) is 9.18 Å². The van der Waals surface area contributed by atoms with Crippen LogP contribution in [-0.4, -0.2) is 11.1 Å². The number of rotatable bonds is 4. The van der Waals surface area contributed by atoms with Gasteiger partial charge in [0.1, 0.15) is 5.82 Å². The van der Waals surface area contributed by atoms with Crippen molar-refractivity contribution in [2.24, 2.45) is 5.41 Å². The zero-order valence-electron chi connectivity index (χ0n) is 9.26. The Morgan fingerprint density at radius 1 is 1.56 bits per heavy atom. The van der Waals surface area contributed by atoms with Crippen LogP contribution in [0.2, 0.25) is 5.02 Å². The molecule has 16 heavy (non-hydrogen) atoms. The van der Waals surface area contributed by atoms with Gasteiger partial charge in [0.25, 0.3) is 0 Å². The summed E-state index contributed by atoms with van der Waals surface area (Å²) in [6, 6.07) is 4.03. The number of hydrogen-bond donors (Lipinski definition) is 1. The van der Waals surface area contributed by atoms with Crippen molar-refractivity contribution in [2.45, 2.75) is 26.7 Å². The third-order valence-corrected chi connectivity index (χ3v) is 3.24. The average molecular weight is 245 g/mol. The van der Waals surface area contributed by atoms with Gasteiger partial charge in [-0.1, -0.05) is 24.6 Å². The van der Waals surface area contributed by atoms with Crippen molar-refractivity contribution >= 4 is 17.6 Å². The van der Waals surface area contributed by atoms with Crippen molar-refractivity contribution in [1.82, 2.24) is 0 Å². The molecule has 0 aliphatic heterocycles. The van der Waals surface area contributed by atoms with Gasteiger partial charge in [0.2, 0.25) is 0 Å². The molecule has 1 N–H and O–H groups in total. The largest absolute Gasteiger partial charge is 0.481 e. The molecule has 0 spiro atoms. The lowest BCUT2D eigenvalue weighted by atomic mass is 9.81.